The summed E-state index contributed by atoms with van der Waals surface area (Å²) >= 11 is 0. The number of pyridine rings is 1. The lowest BCUT2D eigenvalue weighted by molar-refractivity contribution is 0.660. The maximum Gasteiger partial charge on any atom is 0.159 e. The molecule has 0 spiro atoms. The van der Waals surface area contributed by atoms with E-state index >= 15 is 0 Å². The monoisotopic (exact) mass is 450 g/mol. The van der Waals surface area contributed by atoms with Gasteiger partial charge in [0.05, 0.1) is 22.2 Å². The fraction of sp³-hybridized carbons (Fsp3) is 0.0938. The Hall–Kier alpha value is -4.37. The average Bonchev–Trinajstić information content (AvgIpc) is 3.51. The third-order valence-electron chi connectivity index (χ3n) is 7.82. The van der Waals surface area contributed by atoms with Crippen LogP contribution in [0.3, 0.4) is 0 Å². The van der Waals surface area contributed by atoms with Crippen molar-refractivity contribution in [3.63, 3.8) is 0 Å². The highest BCUT2D eigenvalue weighted by atomic mass is 16.3. The lowest BCUT2D eigenvalue weighted by Gasteiger charge is -2.23. The Kier molecular flexibility index (Phi) is 3.47. The summed E-state index contributed by atoms with van der Waals surface area (Å²) in [6, 6.07) is 32.3. The summed E-state index contributed by atoms with van der Waals surface area (Å²) in [5.74, 6) is 0. The molecule has 0 saturated heterocycles. The zero-order chi connectivity index (χ0) is 23.3. The molecule has 3 aromatic heterocycles. The number of aromatic nitrogens is 2. The first-order valence-electron chi connectivity index (χ1n) is 12.1. The van der Waals surface area contributed by atoms with Gasteiger partial charge >= 0.3 is 0 Å². The predicted molar refractivity (Wildman–Crippen MR) is 143 cm³/mol. The lowest BCUT2D eigenvalue weighted by Crippen LogP contribution is -2.16. The standard InChI is InChI=1S/C32H22N2O/c1-32(2)24-12-5-3-9-19(24)21-16-17-23-29-25(14-8-18-33-29)34(30(23)28(21)32)26-13-7-11-22-20-10-4-6-15-27(20)35-31(22)26/h3-18H,1-2H3. The molecule has 0 fully saturated rings. The van der Waals surface area contributed by atoms with Gasteiger partial charge in [0.2, 0.25) is 0 Å². The van der Waals surface area contributed by atoms with Crippen molar-refractivity contribution in [1.82, 2.24) is 9.55 Å². The van der Waals surface area contributed by atoms with Gasteiger partial charge in [-0.1, -0.05) is 74.5 Å². The molecule has 0 bridgehead atoms. The highest BCUT2D eigenvalue weighted by Gasteiger charge is 2.38. The van der Waals surface area contributed by atoms with Crippen LogP contribution in [0.15, 0.2) is 102 Å². The smallest absolute Gasteiger partial charge is 0.159 e. The van der Waals surface area contributed by atoms with E-state index in [0.29, 0.717) is 0 Å². The summed E-state index contributed by atoms with van der Waals surface area (Å²) in [6.45, 7) is 4.68. The highest BCUT2D eigenvalue weighted by molar-refractivity contribution is 6.14. The number of para-hydroxylation sites is 2. The Morgan fingerprint density at radius 1 is 0.714 bits per heavy atom. The van der Waals surface area contributed by atoms with Crippen LogP contribution in [0.4, 0.5) is 0 Å². The fourth-order valence-electron chi connectivity index (χ4n) is 6.33. The van der Waals surface area contributed by atoms with Crippen LogP contribution in [0.5, 0.6) is 0 Å². The van der Waals surface area contributed by atoms with E-state index in [2.05, 4.69) is 91.2 Å². The second-order valence-electron chi connectivity index (χ2n) is 10.0. The topological polar surface area (TPSA) is 31.0 Å². The Bertz CT molecular complexity index is 1990. The zero-order valence-electron chi connectivity index (χ0n) is 19.5. The van der Waals surface area contributed by atoms with E-state index in [9.17, 15) is 0 Å². The number of hydrogen-bond acceptors (Lipinski definition) is 2. The minimum absolute atomic E-state index is 0.140. The van der Waals surface area contributed by atoms with Crippen LogP contribution in [0, 0.1) is 0 Å². The molecule has 0 atom stereocenters. The molecule has 4 aromatic carbocycles. The predicted octanol–water partition coefficient (Wildman–Crippen LogP) is 8.38. The molecule has 1 aliphatic carbocycles. The number of nitrogens with zero attached hydrogens (tertiary/aromatic N) is 2. The van der Waals surface area contributed by atoms with Crippen molar-refractivity contribution in [3.8, 4) is 16.8 Å². The zero-order valence-corrected chi connectivity index (χ0v) is 19.5. The maximum absolute atomic E-state index is 6.50. The number of rotatable bonds is 1. The number of fused-ring (bicyclic) bond motifs is 10. The molecule has 0 saturated carbocycles. The van der Waals surface area contributed by atoms with Crippen molar-refractivity contribution in [2.75, 3.05) is 0 Å². The molecule has 0 amide bonds. The molecule has 3 nitrogen and oxygen atoms in total. The Labute approximate surface area is 202 Å². The van der Waals surface area contributed by atoms with Crippen molar-refractivity contribution in [2.24, 2.45) is 0 Å². The van der Waals surface area contributed by atoms with Gasteiger partial charge in [-0.15, -0.1) is 0 Å². The molecule has 35 heavy (non-hydrogen) atoms. The number of hydrogen-bond donors (Lipinski definition) is 0. The van der Waals surface area contributed by atoms with Crippen molar-refractivity contribution >= 4 is 43.9 Å². The van der Waals surface area contributed by atoms with Gasteiger partial charge in [0.25, 0.3) is 0 Å². The van der Waals surface area contributed by atoms with Crippen LogP contribution in [0.1, 0.15) is 25.0 Å². The van der Waals surface area contributed by atoms with E-state index in [4.69, 9.17) is 9.40 Å². The van der Waals surface area contributed by atoms with E-state index in [-0.39, 0.29) is 5.41 Å². The van der Waals surface area contributed by atoms with Gasteiger partial charge in [0, 0.05) is 27.8 Å². The number of furan rings is 1. The lowest BCUT2D eigenvalue weighted by atomic mass is 9.81. The van der Waals surface area contributed by atoms with Gasteiger partial charge in [-0.2, -0.15) is 0 Å². The second-order valence-corrected chi connectivity index (χ2v) is 10.0. The molecule has 3 heteroatoms. The van der Waals surface area contributed by atoms with Crippen LogP contribution in [0.25, 0.3) is 60.7 Å². The summed E-state index contributed by atoms with van der Waals surface area (Å²) in [5, 5.41) is 3.45. The maximum atomic E-state index is 6.50. The van der Waals surface area contributed by atoms with E-state index in [1.54, 1.807) is 0 Å². The van der Waals surface area contributed by atoms with E-state index in [0.717, 1.165) is 38.7 Å². The summed E-state index contributed by atoms with van der Waals surface area (Å²) in [4.78, 5) is 4.85. The quantitative estimate of drug-likeness (QED) is 0.251. The summed E-state index contributed by atoms with van der Waals surface area (Å²) in [5.41, 5.74) is 11.4. The molecule has 0 unspecified atom stereocenters. The SMILES string of the molecule is CC1(C)c2ccccc2-c2ccc3c4ncccc4n(-c4cccc5c4oc4ccccc45)c3c21. The van der Waals surface area contributed by atoms with Gasteiger partial charge < -0.3 is 8.98 Å². The summed E-state index contributed by atoms with van der Waals surface area (Å²) in [6.07, 6.45) is 1.89. The normalized spacial score (nSPS) is 14.2. The highest BCUT2D eigenvalue weighted by Crippen LogP contribution is 2.53. The third-order valence-corrected chi connectivity index (χ3v) is 7.82. The average molecular weight is 451 g/mol. The molecule has 0 aliphatic heterocycles. The van der Waals surface area contributed by atoms with E-state index in [1.807, 2.05) is 24.4 Å². The molecule has 7 aromatic rings. The van der Waals surface area contributed by atoms with Crippen molar-refractivity contribution in [1.29, 1.82) is 0 Å². The molecule has 166 valence electrons. The summed E-state index contributed by atoms with van der Waals surface area (Å²) < 4.78 is 8.88. The largest absolute Gasteiger partial charge is 0.454 e. The molecule has 0 N–H and O–H groups in total. The summed E-state index contributed by atoms with van der Waals surface area (Å²) in [7, 11) is 0. The first kappa shape index (κ1) is 19.0. The number of benzene rings is 4. The van der Waals surface area contributed by atoms with Gasteiger partial charge in [-0.05, 0) is 52.6 Å². The Morgan fingerprint density at radius 2 is 1.54 bits per heavy atom. The van der Waals surface area contributed by atoms with Crippen LogP contribution < -0.4 is 0 Å². The minimum atomic E-state index is -0.140. The molecular formula is C32H22N2O. The first-order chi connectivity index (χ1) is 17.1. The van der Waals surface area contributed by atoms with Crippen molar-refractivity contribution < 1.29 is 4.42 Å². The fourth-order valence-corrected chi connectivity index (χ4v) is 6.33. The second kappa shape index (κ2) is 6.39. The van der Waals surface area contributed by atoms with Crippen LogP contribution in [-0.2, 0) is 5.41 Å². The van der Waals surface area contributed by atoms with E-state index < -0.39 is 0 Å². The van der Waals surface area contributed by atoms with Gasteiger partial charge in [-0.25, -0.2) is 0 Å². The van der Waals surface area contributed by atoms with Crippen LogP contribution in [0.2, 0.25) is 0 Å². The molecular weight excluding hydrogens is 428 g/mol. The van der Waals surface area contributed by atoms with Crippen molar-refractivity contribution in [2.45, 2.75) is 19.3 Å². The molecule has 8 rings (SSSR count). The van der Waals surface area contributed by atoms with Crippen LogP contribution >= 0.6 is 0 Å². The van der Waals surface area contributed by atoms with E-state index in [1.165, 1.54) is 33.2 Å². The minimum Gasteiger partial charge on any atom is -0.454 e. The van der Waals surface area contributed by atoms with Gasteiger partial charge in [-0.3, -0.25) is 4.98 Å². The molecule has 3 heterocycles. The van der Waals surface area contributed by atoms with Crippen molar-refractivity contribution in [3.05, 3.63) is 108 Å². The molecule has 0 radical (unpaired) electrons. The van der Waals surface area contributed by atoms with Gasteiger partial charge in [0.1, 0.15) is 5.58 Å². The first-order valence-corrected chi connectivity index (χ1v) is 12.1. The Morgan fingerprint density at radius 3 is 2.49 bits per heavy atom. The Balaban J connectivity index is 1.60. The molecule has 1 aliphatic rings. The third kappa shape index (κ3) is 2.28. The van der Waals surface area contributed by atoms with Crippen LogP contribution in [-0.4, -0.2) is 9.55 Å². The van der Waals surface area contributed by atoms with Gasteiger partial charge in [0.15, 0.2) is 5.58 Å².